The average molecular weight is 292 g/mol. The minimum atomic E-state index is -4.35. The number of hydrogen-bond acceptors (Lipinski definition) is 3. The molecular formula is C14H11F3N4. The third kappa shape index (κ3) is 2.47. The molecule has 0 radical (unpaired) electrons. The third-order valence-corrected chi connectivity index (χ3v) is 3.29. The van der Waals surface area contributed by atoms with E-state index in [1.807, 2.05) is 0 Å². The summed E-state index contributed by atoms with van der Waals surface area (Å²) >= 11 is 0. The van der Waals surface area contributed by atoms with Crippen LogP contribution in [0.3, 0.4) is 0 Å². The van der Waals surface area contributed by atoms with Gasteiger partial charge in [-0.2, -0.15) is 18.3 Å². The van der Waals surface area contributed by atoms with Crippen molar-refractivity contribution in [1.29, 1.82) is 0 Å². The first-order chi connectivity index (χ1) is 9.97. The molecule has 2 N–H and O–H groups in total. The zero-order valence-corrected chi connectivity index (χ0v) is 10.7. The van der Waals surface area contributed by atoms with Gasteiger partial charge < -0.3 is 5.73 Å². The Morgan fingerprint density at radius 3 is 2.48 bits per heavy atom. The lowest BCUT2D eigenvalue weighted by Crippen LogP contribution is -2.12. The van der Waals surface area contributed by atoms with E-state index in [1.54, 1.807) is 29.3 Å². The predicted molar refractivity (Wildman–Crippen MR) is 70.5 cm³/mol. The SMILES string of the molecule is NC(c1ccc(C(F)(F)F)cc1)c1cnn2ccncc12. The standard InChI is InChI=1S/C14H11F3N4/c15-14(16,17)10-3-1-9(2-4-10)13(18)11-7-20-21-6-5-19-8-12(11)21/h1-8,13H,18H2. The summed E-state index contributed by atoms with van der Waals surface area (Å²) in [5.41, 5.74) is 7.45. The lowest BCUT2D eigenvalue weighted by atomic mass is 10.00. The van der Waals surface area contributed by atoms with E-state index in [0.29, 0.717) is 11.1 Å². The van der Waals surface area contributed by atoms with Gasteiger partial charge in [0.05, 0.1) is 29.5 Å². The Morgan fingerprint density at radius 2 is 1.81 bits per heavy atom. The van der Waals surface area contributed by atoms with Gasteiger partial charge >= 0.3 is 6.18 Å². The molecule has 21 heavy (non-hydrogen) atoms. The quantitative estimate of drug-likeness (QED) is 0.790. The van der Waals surface area contributed by atoms with E-state index < -0.39 is 17.8 Å². The summed E-state index contributed by atoms with van der Waals surface area (Å²) in [5, 5.41) is 4.14. The lowest BCUT2D eigenvalue weighted by molar-refractivity contribution is -0.137. The molecule has 1 unspecified atom stereocenters. The highest BCUT2D eigenvalue weighted by atomic mass is 19.4. The summed E-state index contributed by atoms with van der Waals surface area (Å²) in [5.74, 6) is 0. The van der Waals surface area contributed by atoms with Crippen molar-refractivity contribution in [3.63, 3.8) is 0 Å². The average Bonchev–Trinajstić information content (AvgIpc) is 2.90. The molecule has 0 amide bonds. The fourth-order valence-corrected chi connectivity index (χ4v) is 2.15. The number of rotatable bonds is 2. The second kappa shape index (κ2) is 4.85. The molecule has 3 rings (SSSR count). The van der Waals surface area contributed by atoms with Gasteiger partial charge in [0.1, 0.15) is 0 Å². The number of aromatic nitrogens is 3. The molecule has 1 atom stereocenters. The van der Waals surface area contributed by atoms with Crippen LogP contribution in [-0.2, 0) is 6.18 Å². The molecule has 0 fully saturated rings. The third-order valence-electron chi connectivity index (χ3n) is 3.29. The van der Waals surface area contributed by atoms with Gasteiger partial charge in [0, 0.05) is 18.0 Å². The number of fused-ring (bicyclic) bond motifs is 1. The molecule has 2 aromatic heterocycles. The van der Waals surface area contributed by atoms with E-state index in [9.17, 15) is 13.2 Å². The van der Waals surface area contributed by atoms with E-state index >= 15 is 0 Å². The maximum Gasteiger partial charge on any atom is 0.416 e. The topological polar surface area (TPSA) is 56.2 Å². The Balaban J connectivity index is 1.97. The molecule has 1 aromatic carbocycles. The highest BCUT2D eigenvalue weighted by molar-refractivity contribution is 5.55. The Labute approximate surface area is 118 Å². The van der Waals surface area contributed by atoms with Crippen LogP contribution in [0.4, 0.5) is 13.2 Å². The van der Waals surface area contributed by atoms with Crippen molar-refractivity contribution in [2.45, 2.75) is 12.2 Å². The molecule has 0 spiro atoms. The first kappa shape index (κ1) is 13.6. The maximum atomic E-state index is 12.5. The summed E-state index contributed by atoms with van der Waals surface area (Å²) < 4.78 is 39.3. The fraction of sp³-hybridized carbons (Fsp3) is 0.143. The molecule has 0 saturated carbocycles. The zero-order valence-electron chi connectivity index (χ0n) is 10.7. The lowest BCUT2D eigenvalue weighted by Gasteiger charge is -2.12. The van der Waals surface area contributed by atoms with Crippen molar-refractivity contribution in [3.05, 3.63) is 65.7 Å². The van der Waals surface area contributed by atoms with E-state index in [2.05, 4.69) is 10.1 Å². The van der Waals surface area contributed by atoms with E-state index in [1.165, 1.54) is 12.1 Å². The van der Waals surface area contributed by atoms with Crippen molar-refractivity contribution < 1.29 is 13.2 Å². The maximum absolute atomic E-state index is 12.5. The molecule has 108 valence electrons. The highest BCUT2D eigenvalue weighted by Gasteiger charge is 2.30. The van der Waals surface area contributed by atoms with E-state index in [0.717, 1.165) is 17.6 Å². The van der Waals surface area contributed by atoms with E-state index in [4.69, 9.17) is 5.73 Å². The molecule has 0 bridgehead atoms. The summed E-state index contributed by atoms with van der Waals surface area (Å²) in [7, 11) is 0. The summed E-state index contributed by atoms with van der Waals surface area (Å²) in [6.45, 7) is 0. The van der Waals surface area contributed by atoms with Crippen LogP contribution in [0.15, 0.2) is 49.1 Å². The number of hydrogen-bond donors (Lipinski definition) is 1. The van der Waals surface area contributed by atoms with Gasteiger partial charge in [-0.1, -0.05) is 12.1 Å². The Morgan fingerprint density at radius 1 is 1.10 bits per heavy atom. The van der Waals surface area contributed by atoms with Gasteiger partial charge in [-0.15, -0.1) is 0 Å². The summed E-state index contributed by atoms with van der Waals surface area (Å²) in [4.78, 5) is 4.00. The number of nitrogens with zero attached hydrogens (tertiary/aromatic N) is 3. The van der Waals surface area contributed by atoms with Gasteiger partial charge in [-0.05, 0) is 17.7 Å². The van der Waals surface area contributed by atoms with Crippen LogP contribution in [0.2, 0.25) is 0 Å². The second-order valence-corrected chi connectivity index (χ2v) is 4.60. The van der Waals surface area contributed by atoms with Crippen molar-refractivity contribution >= 4 is 5.52 Å². The number of nitrogens with two attached hydrogens (primary N) is 1. The van der Waals surface area contributed by atoms with Gasteiger partial charge in [0.2, 0.25) is 0 Å². The van der Waals surface area contributed by atoms with Crippen molar-refractivity contribution in [3.8, 4) is 0 Å². The molecule has 0 aliphatic carbocycles. The van der Waals surface area contributed by atoms with Gasteiger partial charge in [0.15, 0.2) is 0 Å². The second-order valence-electron chi connectivity index (χ2n) is 4.60. The minimum absolute atomic E-state index is 0.561. The van der Waals surface area contributed by atoms with Crippen molar-refractivity contribution in [2.24, 2.45) is 5.73 Å². The smallest absolute Gasteiger partial charge is 0.320 e. The molecule has 4 nitrogen and oxygen atoms in total. The number of alkyl halides is 3. The predicted octanol–water partition coefficient (Wildman–Crippen LogP) is 2.80. The minimum Gasteiger partial charge on any atom is -0.320 e. The molecule has 0 saturated heterocycles. The summed E-state index contributed by atoms with van der Waals surface area (Å²) in [6, 6.07) is 4.26. The van der Waals surface area contributed by atoms with Gasteiger partial charge in [0.25, 0.3) is 0 Å². The Kier molecular flexibility index (Phi) is 3.13. The molecule has 7 heteroatoms. The van der Waals surface area contributed by atoms with Crippen LogP contribution in [0.1, 0.15) is 22.7 Å². The molecular weight excluding hydrogens is 281 g/mol. The van der Waals surface area contributed by atoms with E-state index in [-0.39, 0.29) is 0 Å². The molecule has 2 heterocycles. The largest absolute Gasteiger partial charge is 0.416 e. The van der Waals surface area contributed by atoms with Gasteiger partial charge in [-0.3, -0.25) is 4.98 Å². The van der Waals surface area contributed by atoms with Crippen LogP contribution in [-0.4, -0.2) is 14.6 Å². The monoisotopic (exact) mass is 292 g/mol. The fourth-order valence-electron chi connectivity index (χ4n) is 2.15. The van der Waals surface area contributed by atoms with Crippen molar-refractivity contribution in [2.75, 3.05) is 0 Å². The highest BCUT2D eigenvalue weighted by Crippen LogP contribution is 2.31. The first-order valence-electron chi connectivity index (χ1n) is 6.17. The first-order valence-corrected chi connectivity index (χ1v) is 6.17. The molecule has 0 aliphatic heterocycles. The van der Waals surface area contributed by atoms with Crippen molar-refractivity contribution in [1.82, 2.24) is 14.6 Å². The van der Waals surface area contributed by atoms with Gasteiger partial charge in [-0.25, -0.2) is 4.52 Å². The van der Waals surface area contributed by atoms with Crippen LogP contribution in [0.25, 0.3) is 5.52 Å². The zero-order chi connectivity index (χ0) is 15.0. The Bertz CT molecular complexity index is 762. The molecule has 3 aromatic rings. The van der Waals surface area contributed by atoms with Crippen LogP contribution in [0, 0.1) is 0 Å². The number of benzene rings is 1. The summed E-state index contributed by atoms with van der Waals surface area (Å²) in [6.07, 6.45) is 2.13. The van der Waals surface area contributed by atoms with Crippen LogP contribution in [0.5, 0.6) is 0 Å². The normalized spacial score (nSPS) is 13.5. The van der Waals surface area contributed by atoms with Crippen LogP contribution < -0.4 is 5.73 Å². The Hall–Kier alpha value is -2.41. The number of halogens is 3. The molecule has 0 aliphatic rings. The van der Waals surface area contributed by atoms with Crippen LogP contribution >= 0.6 is 0 Å².